The van der Waals surface area contributed by atoms with E-state index in [1.165, 1.54) is 89.0 Å². The quantitative estimate of drug-likeness (QED) is 0.107. The first-order chi connectivity index (χ1) is 61.9. The van der Waals surface area contributed by atoms with Crippen molar-refractivity contribution in [3.05, 3.63) is 458 Å². The van der Waals surface area contributed by atoms with E-state index in [9.17, 15) is 0 Å². The highest BCUT2D eigenvalue weighted by Gasteiger charge is 2.54. The summed E-state index contributed by atoms with van der Waals surface area (Å²) in [6.07, 6.45) is 14.5. The number of hydrogen-bond donors (Lipinski definition) is 0. The molecule has 14 heteroatoms. The van der Waals surface area contributed by atoms with Crippen molar-refractivity contribution < 1.29 is 0 Å². The second-order valence-corrected chi connectivity index (χ2v) is 31.9. The molecule has 4 aliphatic rings. The van der Waals surface area contributed by atoms with Crippen molar-refractivity contribution >= 4 is 23.2 Å². The van der Waals surface area contributed by atoms with Gasteiger partial charge in [0.25, 0.3) is 0 Å². The number of benzene rings is 8. The predicted molar refractivity (Wildman–Crippen MR) is 501 cm³/mol. The zero-order valence-corrected chi connectivity index (χ0v) is 68.6. The van der Waals surface area contributed by atoms with E-state index in [2.05, 4.69) is 218 Å². The highest BCUT2D eigenvalue weighted by molar-refractivity contribution is 6.40. The summed E-state index contributed by atoms with van der Waals surface area (Å²) >= 11 is 9.53. The van der Waals surface area contributed by atoms with Crippen LogP contribution in [0.25, 0.3) is 180 Å². The van der Waals surface area contributed by atoms with E-state index in [-0.39, 0.29) is 5.34 Å². The van der Waals surface area contributed by atoms with Crippen LogP contribution in [0, 0.1) is 0 Å². The Bertz CT molecular complexity index is 6400. The van der Waals surface area contributed by atoms with E-state index in [4.69, 9.17) is 83.0 Å². The third kappa shape index (κ3) is 13.2. The Morgan fingerprint density at radius 2 is 0.312 bits per heavy atom. The molecule has 8 aromatic carbocycles. The van der Waals surface area contributed by atoms with Gasteiger partial charge in [0.2, 0.25) is 0 Å². The molecule has 0 amide bonds. The van der Waals surface area contributed by atoms with Gasteiger partial charge in [-0.05, 0) is 303 Å². The van der Waals surface area contributed by atoms with Gasteiger partial charge in [0.05, 0.1) is 107 Å². The fraction of sp³-hybridized carbons (Fsp3) is 0.0270. The van der Waals surface area contributed by atoms with Gasteiger partial charge in [0.15, 0.2) is 0 Å². The molecular weight excluding hydrogens is 1570 g/mol. The Hall–Kier alpha value is -15.9. The van der Waals surface area contributed by atoms with Crippen LogP contribution in [0.4, 0.5) is 0 Å². The van der Waals surface area contributed by atoms with Crippen LogP contribution >= 0.6 is 23.2 Å². The molecule has 4 aliphatic carbocycles. The Morgan fingerprint density at radius 3 is 0.480 bits per heavy atom. The molecule has 0 radical (unpaired) electrons. The van der Waals surface area contributed by atoms with Gasteiger partial charge in [-0.1, -0.05) is 194 Å². The third-order valence-corrected chi connectivity index (χ3v) is 24.2. The van der Waals surface area contributed by atoms with Crippen LogP contribution in [0.15, 0.2) is 414 Å². The van der Waals surface area contributed by atoms with Crippen LogP contribution in [0.5, 0.6) is 0 Å². The van der Waals surface area contributed by atoms with E-state index < -0.39 is 10.8 Å². The van der Waals surface area contributed by atoms with Crippen molar-refractivity contribution in [2.24, 2.45) is 0 Å². The first-order valence-corrected chi connectivity index (χ1v) is 42.4. The Kier molecular flexibility index (Phi) is 19.3. The highest BCUT2D eigenvalue weighted by Crippen LogP contribution is 2.66. The van der Waals surface area contributed by atoms with Crippen molar-refractivity contribution in [3.8, 4) is 180 Å². The summed E-state index contributed by atoms with van der Waals surface area (Å²) in [5.41, 5.74) is 40.3. The summed E-state index contributed by atoms with van der Waals surface area (Å²) in [6, 6.07) is 128. The van der Waals surface area contributed by atoms with Gasteiger partial charge in [-0.2, -0.15) is 0 Å². The molecule has 0 atom stereocenters. The van der Waals surface area contributed by atoms with Gasteiger partial charge in [-0.25, -0.2) is 19.9 Å². The number of alkyl halides is 2. The molecule has 24 rings (SSSR count). The number of fused-ring (bicyclic) bond motifs is 20. The molecule has 0 unspecified atom stereocenters. The first kappa shape index (κ1) is 75.4. The van der Waals surface area contributed by atoms with Gasteiger partial charge in [-0.15, -0.1) is 23.2 Å². The lowest BCUT2D eigenvalue weighted by atomic mass is 9.70. The highest BCUT2D eigenvalue weighted by atomic mass is 35.5. The Labute approximate surface area is 732 Å². The van der Waals surface area contributed by atoms with E-state index in [1.54, 1.807) is 0 Å². The van der Waals surface area contributed by atoms with Gasteiger partial charge in [0, 0.05) is 49.6 Å². The third-order valence-electron chi connectivity index (χ3n) is 24.2. The number of aromatic nitrogens is 12. The molecule has 0 aliphatic heterocycles. The minimum atomic E-state index is -0.578. The molecule has 0 fully saturated rings. The molecule has 0 saturated carbocycles. The summed E-state index contributed by atoms with van der Waals surface area (Å²) in [5, 5.41) is 0.194. The minimum Gasteiger partial charge on any atom is -0.255 e. The molecule has 12 heterocycles. The maximum absolute atomic E-state index is 5.09. The Balaban J connectivity index is 0.000000144. The van der Waals surface area contributed by atoms with Crippen LogP contribution in [0.1, 0.15) is 44.5 Å². The second-order valence-electron chi connectivity index (χ2n) is 31.0. The van der Waals surface area contributed by atoms with Crippen molar-refractivity contribution in [1.29, 1.82) is 0 Å². The fourth-order valence-electron chi connectivity index (χ4n) is 18.9. The molecule has 12 aromatic heterocycles. The fourth-order valence-corrected chi connectivity index (χ4v) is 18.9. The zero-order valence-electron chi connectivity index (χ0n) is 67.1. The van der Waals surface area contributed by atoms with Crippen molar-refractivity contribution in [1.82, 2.24) is 59.8 Å². The molecule has 2 spiro atoms. The zero-order chi connectivity index (χ0) is 83.4. The number of hydrogen-bond acceptors (Lipinski definition) is 12. The smallest absolute Gasteiger partial charge is 0.0967 e. The molecule has 12 nitrogen and oxygen atoms in total. The largest absolute Gasteiger partial charge is 0.255 e. The summed E-state index contributed by atoms with van der Waals surface area (Å²) in [7, 11) is 0. The lowest BCUT2D eigenvalue weighted by Crippen LogP contribution is -2.26. The average molecular weight is 1640 g/mol. The normalized spacial score (nSPS) is 12.6. The van der Waals surface area contributed by atoms with E-state index in [0.717, 1.165) is 136 Å². The minimum absolute atomic E-state index is 0.194. The van der Waals surface area contributed by atoms with Gasteiger partial charge < -0.3 is 0 Å². The SMILES string of the molecule is ClCCl.c1ccc(-c2cc(-c3ccc4c(c3)C3(c5ccccc5-4)c4ccccc4-c4ccc(-c5cc(-c6ccccn6)nc(-c6ccccn6)c5)cc43)cc(-c3ccccn3)n2)nc1.c1ccc(-c2cc(-c3ccc4c(c3)C3(c5ccccc5-4)c4ccccc4-c4ccc(-c5cc(-c6ccccn6)nc(-c6ccccn6)c5)cc43)cc(-c3ccccn3)n2)nc1. The monoisotopic (exact) mass is 1640 g/mol. The summed E-state index contributed by atoms with van der Waals surface area (Å²) < 4.78 is 0. The summed E-state index contributed by atoms with van der Waals surface area (Å²) in [4.78, 5) is 57.9. The molecule has 20 aromatic rings. The van der Waals surface area contributed by atoms with E-state index >= 15 is 0 Å². The van der Waals surface area contributed by atoms with Gasteiger partial charge in [0.1, 0.15) is 0 Å². The Morgan fingerprint density at radius 1 is 0.152 bits per heavy atom. The van der Waals surface area contributed by atoms with Gasteiger partial charge in [-0.3, -0.25) is 39.9 Å². The van der Waals surface area contributed by atoms with Crippen LogP contribution in [-0.2, 0) is 10.8 Å². The molecular formula is C111H70Cl2N12. The predicted octanol–water partition coefficient (Wildman–Crippen LogP) is 26.2. The van der Waals surface area contributed by atoms with Gasteiger partial charge >= 0.3 is 0 Å². The number of pyridine rings is 12. The standard InChI is InChI=1S/2C55H34N6.CH2Cl2/c2*1-3-15-43-39(13-1)41-23-21-35(37-31-51(47-17-5-9-25-56-47)60-52(32-37)48-18-6-10-26-57-48)29-45(41)55(43)44-16-4-2-14-40(44)42-24-22-36(30-46(42)55)38-33-53(49-19-7-11-27-58-49)61-54(34-38)50-20-8-12-28-59-50;2-1-3/h2*1-34H;1H2. The van der Waals surface area contributed by atoms with Crippen molar-refractivity contribution in [2.45, 2.75) is 10.8 Å². The second kappa shape index (κ2) is 31.9. The maximum Gasteiger partial charge on any atom is 0.0967 e. The van der Waals surface area contributed by atoms with E-state index in [0.29, 0.717) is 0 Å². The summed E-state index contributed by atoms with van der Waals surface area (Å²) in [6.45, 7) is 0. The van der Waals surface area contributed by atoms with E-state index in [1.807, 2.05) is 195 Å². The lowest BCUT2D eigenvalue weighted by Gasteiger charge is -2.31. The molecule has 0 saturated heterocycles. The molecule has 0 bridgehead atoms. The molecule has 0 N–H and O–H groups in total. The average Bonchev–Trinajstić information content (AvgIpc) is 1.51. The topological polar surface area (TPSA) is 155 Å². The van der Waals surface area contributed by atoms with Crippen LogP contribution in [-0.4, -0.2) is 65.1 Å². The first-order valence-electron chi connectivity index (χ1n) is 41.4. The van der Waals surface area contributed by atoms with Crippen molar-refractivity contribution in [3.63, 3.8) is 0 Å². The molecule has 588 valence electrons. The van der Waals surface area contributed by atoms with Crippen LogP contribution in [0.3, 0.4) is 0 Å². The maximum atomic E-state index is 5.09. The lowest BCUT2D eigenvalue weighted by molar-refractivity contribution is 0.794. The summed E-state index contributed by atoms with van der Waals surface area (Å²) in [5.74, 6) is 0. The van der Waals surface area contributed by atoms with Crippen molar-refractivity contribution in [2.75, 3.05) is 5.34 Å². The van der Waals surface area contributed by atoms with Crippen LogP contribution in [0.2, 0.25) is 0 Å². The number of nitrogens with zero attached hydrogens (tertiary/aromatic N) is 12. The number of rotatable bonds is 12. The molecule has 125 heavy (non-hydrogen) atoms. The number of halogens is 2. The van der Waals surface area contributed by atoms with Crippen LogP contribution < -0.4 is 0 Å².